The third kappa shape index (κ3) is 6.99. The fourth-order valence-electron chi connectivity index (χ4n) is 2.76. The maximum absolute atomic E-state index is 5.00. The maximum atomic E-state index is 5.00. The van der Waals surface area contributed by atoms with Crippen LogP contribution in [0.3, 0.4) is 0 Å². The molecule has 0 aromatic heterocycles. The zero-order valence-electron chi connectivity index (χ0n) is 9.93. The molecule has 0 aromatic rings. The molecule has 0 aromatic carbocycles. The molecule has 0 saturated heterocycles. The second kappa shape index (κ2) is 11.5. The topological polar surface area (TPSA) is 14.1 Å². The molecule has 0 amide bonds. The normalized spacial score (nSPS) is 22.5. The summed E-state index contributed by atoms with van der Waals surface area (Å²) in [5.41, 5.74) is 0. The van der Waals surface area contributed by atoms with E-state index in [1.54, 1.807) is 0 Å². The molecule has 0 bridgehead atoms. The Labute approximate surface area is 132 Å². The van der Waals surface area contributed by atoms with Gasteiger partial charge in [-0.15, -0.1) is 12.1 Å². The molecule has 0 unspecified atom stereocenters. The summed E-state index contributed by atoms with van der Waals surface area (Å²) in [5.74, 6) is 0. The van der Waals surface area contributed by atoms with E-state index < -0.39 is 0 Å². The number of rotatable bonds is 2. The average Bonchev–Trinajstić information content (AvgIpc) is 2.21. The van der Waals surface area contributed by atoms with Gasteiger partial charge in [0.25, 0.3) is 0 Å². The molecule has 2 fully saturated rings. The first kappa shape index (κ1) is 19.8. The zero-order valence-corrected chi connectivity index (χ0v) is 13.9. The van der Waals surface area contributed by atoms with E-state index in [1.165, 1.54) is 64.2 Å². The van der Waals surface area contributed by atoms with Crippen LogP contribution >= 0.6 is 0 Å². The predicted octanol–water partition coefficient (Wildman–Crippen LogP) is -1.97. The van der Waals surface area contributed by atoms with Gasteiger partial charge in [0, 0.05) is 0 Å². The van der Waals surface area contributed by atoms with E-state index in [-0.39, 0.29) is 51.0 Å². The number of hydrogen-bond acceptors (Lipinski definition) is 0. The average molecular weight is 342 g/mol. The monoisotopic (exact) mass is 340 g/mol. The summed E-state index contributed by atoms with van der Waals surface area (Å²) in [4.78, 5) is 0. The number of hydrogen-bond donors (Lipinski definition) is 0. The van der Waals surface area contributed by atoms with Crippen LogP contribution in [0.15, 0.2) is 0 Å². The minimum Gasteiger partial charge on any atom is -1.00 e. The van der Waals surface area contributed by atoms with Crippen LogP contribution in [-0.4, -0.2) is 12.1 Å². The SMILES string of the molecule is C1CCC([N-]C2CCCCC2)CC1.[Cl-].[Cl-].[Zr+3]. The largest absolute Gasteiger partial charge is 3.00 e. The maximum Gasteiger partial charge on any atom is 3.00 e. The van der Waals surface area contributed by atoms with Crippen LogP contribution in [0.2, 0.25) is 0 Å². The molecule has 1 nitrogen and oxygen atoms in total. The van der Waals surface area contributed by atoms with Crippen molar-refractivity contribution in [3.05, 3.63) is 5.32 Å². The van der Waals surface area contributed by atoms with Crippen molar-refractivity contribution in [2.24, 2.45) is 0 Å². The molecule has 2 aliphatic rings. The van der Waals surface area contributed by atoms with E-state index in [2.05, 4.69) is 0 Å². The third-order valence-corrected chi connectivity index (χ3v) is 3.57. The Hall–Kier alpha value is 1.42. The fraction of sp³-hybridized carbons (Fsp3) is 1.00. The summed E-state index contributed by atoms with van der Waals surface area (Å²) in [7, 11) is 0. The minimum absolute atomic E-state index is 0. The Morgan fingerprint density at radius 1 is 0.562 bits per heavy atom. The fourth-order valence-corrected chi connectivity index (χ4v) is 2.76. The van der Waals surface area contributed by atoms with Gasteiger partial charge in [0.2, 0.25) is 0 Å². The quantitative estimate of drug-likeness (QED) is 0.553. The van der Waals surface area contributed by atoms with E-state index in [9.17, 15) is 0 Å². The van der Waals surface area contributed by atoms with Crippen LogP contribution in [-0.2, 0) is 26.2 Å². The van der Waals surface area contributed by atoms with Crippen molar-refractivity contribution in [2.75, 3.05) is 0 Å². The van der Waals surface area contributed by atoms with Crippen molar-refractivity contribution in [2.45, 2.75) is 76.3 Å². The van der Waals surface area contributed by atoms with Crippen molar-refractivity contribution < 1.29 is 51.0 Å². The zero-order chi connectivity index (χ0) is 8.93. The molecular formula is C12H22Cl2NZr. The minimum atomic E-state index is 0. The molecule has 0 aliphatic heterocycles. The van der Waals surface area contributed by atoms with Gasteiger partial charge >= 0.3 is 26.2 Å². The molecule has 16 heavy (non-hydrogen) atoms. The molecule has 93 valence electrons. The molecular weight excluding hydrogens is 320 g/mol. The summed E-state index contributed by atoms with van der Waals surface area (Å²) in [6.07, 6.45) is 14.2. The summed E-state index contributed by atoms with van der Waals surface area (Å²) in [6.45, 7) is 0. The Kier molecular flexibility index (Phi) is 14.2. The van der Waals surface area contributed by atoms with Crippen LogP contribution in [0.25, 0.3) is 5.32 Å². The van der Waals surface area contributed by atoms with Crippen LogP contribution in [0.1, 0.15) is 64.2 Å². The van der Waals surface area contributed by atoms with Gasteiger partial charge in [-0.05, 0) is 0 Å². The van der Waals surface area contributed by atoms with E-state index in [0.717, 1.165) is 12.1 Å². The first-order chi connectivity index (χ1) is 6.45. The molecule has 0 heterocycles. The van der Waals surface area contributed by atoms with Gasteiger partial charge in [-0.1, -0.05) is 64.2 Å². The summed E-state index contributed by atoms with van der Waals surface area (Å²) < 4.78 is 0. The van der Waals surface area contributed by atoms with Gasteiger partial charge < -0.3 is 30.1 Å². The molecule has 1 radical (unpaired) electrons. The van der Waals surface area contributed by atoms with Crippen molar-refractivity contribution in [1.29, 1.82) is 0 Å². The first-order valence-corrected chi connectivity index (χ1v) is 6.15. The van der Waals surface area contributed by atoms with Gasteiger partial charge in [0.1, 0.15) is 0 Å². The van der Waals surface area contributed by atoms with Gasteiger partial charge in [-0.2, -0.15) is 0 Å². The van der Waals surface area contributed by atoms with Gasteiger partial charge in [0.15, 0.2) is 0 Å². The Morgan fingerprint density at radius 3 is 1.19 bits per heavy atom. The van der Waals surface area contributed by atoms with Gasteiger partial charge in [-0.25, -0.2) is 0 Å². The molecule has 2 saturated carbocycles. The van der Waals surface area contributed by atoms with Crippen LogP contribution in [0.4, 0.5) is 0 Å². The van der Waals surface area contributed by atoms with Gasteiger partial charge in [0.05, 0.1) is 0 Å². The molecule has 2 rings (SSSR count). The summed E-state index contributed by atoms with van der Waals surface area (Å²) >= 11 is 0. The van der Waals surface area contributed by atoms with E-state index in [4.69, 9.17) is 5.32 Å². The van der Waals surface area contributed by atoms with Crippen molar-refractivity contribution in [1.82, 2.24) is 0 Å². The van der Waals surface area contributed by atoms with Crippen LogP contribution in [0.5, 0.6) is 0 Å². The third-order valence-electron chi connectivity index (χ3n) is 3.57. The Bertz CT molecular complexity index is 130. The second-order valence-corrected chi connectivity index (χ2v) is 4.73. The Balaban J connectivity index is 0. The summed E-state index contributed by atoms with van der Waals surface area (Å²) in [6, 6.07) is 1.49. The molecule has 0 spiro atoms. The van der Waals surface area contributed by atoms with E-state index in [1.807, 2.05) is 0 Å². The standard InChI is InChI=1S/C12H22N.2ClH.Zr/c1-3-7-11(8-4-1)13-12-9-5-2-6-10-12;;;/h11-12H,1-10H2;2*1H;/q-1;;;+3/p-2. The molecule has 0 N–H and O–H groups in total. The van der Waals surface area contributed by atoms with Crippen molar-refractivity contribution in [3.8, 4) is 0 Å². The molecule has 4 heteroatoms. The first-order valence-electron chi connectivity index (χ1n) is 6.15. The molecule has 2 aliphatic carbocycles. The van der Waals surface area contributed by atoms with Crippen molar-refractivity contribution in [3.63, 3.8) is 0 Å². The van der Waals surface area contributed by atoms with Crippen molar-refractivity contribution >= 4 is 0 Å². The van der Waals surface area contributed by atoms with Crippen LogP contribution in [0, 0.1) is 0 Å². The summed E-state index contributed by atoms with van der Waals surface area (Å²) in [5, 5.41) is 5.00. The predicted molar refractivity (Wildman–Crippen MR) is 57.1 cm³/mol. The van der Waals surface area contributed by atoms with E-state index >= 15 is 0 Å². The Morgan fingerprint density at radius 2 is 0.875 bits per heavy atom. The smallest absolute Gasteiger partial charge is 1.00 e. The second-order valence-electron chi connectivity index (χ2n) is 4.73. The molecule has 0 atom stereocenters. The number of nitrogens with zero attached hydrogens (tertiary/aromatic N) is 1. The number of halogens is 2. The van der Waals surface area contributed by atoms with Crippen LogP contribution < -0.4 is 24.8 Å². The van der Waals surface area contributed by atoms with E-state index in [0.29, 0.717) is 0 Å². The van der Waals surface area contributed by atoms with Gasteiger partial charge in [-0.3, -0.25) is 0 Å².